The Bertz CT molecular complexity index is 1030. The smallest absolute Gasteiger partial charge is 0.227 e. The first-order valence-electron chi connectivity index (χ1n) is 8.83. The second-order valence-corrected chi connectivity index (χ2v) is 10.5. The van der Waals surface area contributed by atoms with Gasteiger partial charge in [-0.25, -0.2) is 17.1 Å². The number of nitrogens with one attached hydrogen (secondary N) is 1. The molecule has 29 heavy (non-hydrogen) atoms. The fourth-order valence-electron chi connectivity index (χ4n) is 3.15. The summed E-state index contributed by atoms with van der Waals surface area (Å²) >= 11 is 15.0. The average Bonchev–Trinajstić information content (AvgIpc) is 2.67. The van der Waals surface area contributed by atoms with Crippen LogP contribution in [0.15, 0.2) is 40.9 Å². The minimum absolute atomic E-state index is 0.105. The first kappa shape index (κ1) is 22.5. The summed E-state index contributed by atoms with van der Waals surface area (Å²) < 4.78 is 41.2. The molecule has 2 aromatic carbocycles. The predicted molar refractivity (Wildman–Crippen MR) is 116 cm³/mol. The van der Waals surface area contributed by atoms with Crippen molar-refractivity contribution < 1.29 is 17.6 Å². The third-order valence-electron chi connectivity index (χ3n) is 4.74. The molecule has 10 heteroatoms. The molecule has 1 amide bonds. The molecule has 1 saturated heterocycles. The number of hydrogen-bond acceptors (Lipinski definition) is 3. The van der Waals surface area contributed by atoms with Crippen molar-refractivity contribution in [1.29, 1.82) is 0 Å². The summed E-state index contributed by atoms with van der Waals surface area (Å²) in [4.78, 5) is 12.4. The van der Waals surface area contributed by atoms with Crippen LogP contribution in [0.5, 0.6) is 0 Å². The average molecular weight is 524 g/mol. The number of halogens is 4. The SMILES string of the molecule is O=C(Nc1ccc(Br)cc1F)C1CCN(S(=O)(=O)Cc2ccc(Cl)c(Cl)c2)CC1. The highest BCUT2D eigenvalue weighted by molar-refractivity contribution is 9.10. The van der Waals surface area contributed by atoms with E-state index in [0.29, 0.717) is 32.9 Å². The lowest BCUT2D eigenvalue weighted by Gasteiger charge is -2.30. The summed E-state index contributed by atoms with van der Waals surface area (Å²) in [5.41, 5.74) is 0.651. The number of piperidine rings is 1. The molecule has 0 bridgehead atoms. The van der Waals surface area contributed by atoms with E-state index >= 15 is 0 Å². The van der Waals surface area contributed by atoms with Crippen molar-refractivity contribution >= 4 is 60.7 Å². The number of amides is 1. The molecule has 0 radical (unpaired) electrons. The van der Waals surface area contributed by atoms with Crippen molar-refractivity contribution in [3.63, 3.8) is 0 Å². The number of carbonyl (C=O) groups is 1. The summed E-state index contributed by atoms with van der Waals surface area (Å²) in [6, 6.07) is 9.11. The minimum atomic E-state index is -3.55. The van der Waals surface area contributed by atoms with Gasteiger partial charge in [0, 0.05) is 23.5 Å². The van der Waals surface area contributed by atoms with Crippen molar-refractivity contribution in [2.45, 2.75) is 18.6 Å². The Morgan fingerprint density at radius 1 is 1.14 bits per heavy atom. The Hall–Kier alpha value is -1.19. The lowest BCUT2D eigenvalue weighted by molar-refractivity contribution is -0.120. The monoisotopic (exact) mass is 522 g/mol. The largest absolute Gasteiger partial charge is 0.323 e. The van der Waals surface area contributed by atoms with Crippen molar-refractivity contribution in [2.75, 3.05) is 18.4 Å². The van der Waals surface area contributed by atoms with Gasteiger partial charge in [-0.15, -0.1) is 0 Å². The third-order valence-corrected chi connectivity index (χ3v) is 7.82. The maximum absolute atomic E-state index is 13.9. The normalized spacial score (nSPS) is 16.0. The maximum Gasteiger partial charge on any atom is 0.227 e. The van der Waals surface area contributed by atoms with Gasteiger partial charge in [-0.05, 0) is 48.7 Å². The summed E-state index contributed by atoms with van der Waals surface area (Å²) in [5.74, 6) is -1.42. The van der Waals surface area contributed by atoms with E-state index in [1.807, 2.05) is 0 Å². The predicted octanol–water partition coefficient (Wildman–Crippen LogP) is 5.08. The van der Waals surface area contributed by atoms with Crippen LogP contribution in [0.25, 0.3) is 0 Å². The van der Waals surface area contributed by atoms with E-state index in [4.69, 9.17) is 23.2 Å². The van der Waals surface area contributed by atoms with Crippen LogP contribution in [0.1, 0.15) is 18.4 Å². The van der Waals surface area contributed by atoms with E-state index in [1.165, 1.54) is 22.5 Å². The molecular weight excluding hydrogens is 506 g/mol. The van der Waals surface area contributed by atoms with E-state index < -0.39 is 15.8 Å². The molecule has 156 valence electrons. The summed E-state index contributed by atoms with van der Waals surface area (Å²) in [6.07, 6.45) is 0.731. The van der Waals surface area contributed by atoms with Crippen molar-refractivity contribution in [2.24, 2.45) is 5.92 Å². The van der Waals surface area contributed by atoms with Crippen LogP contribution in [-0.4, -0.2) is 31.7 Å². The third kappa shape index (κ3) is 5.70. The van der Waals surface area contributed by atoms with Crippen molar-refractivity contribution in [3.05, 3.63) is 62.3 Å². The molecule has 5 nitrogen and oxygen atoms in total. The number of sulfonamides is 1. The van der Waals surface area contributed by atoms with Gasteiger partial charge in [-0.3, -0.25) is 4.79 Å². The van der Waals surface area contributed by atoms with E-state index in [-0.39, 0.29) is 36.4 Å². The molecule has 0 atom stereocenters. The second-order valence-electron chi connectivity index (χ2n) is 6.79. The molecule has 1 fully saturated rings. The van der Waals surface area contributed by atoms with Crippen LogP contribution in [0.4, 0.5) is 10.1 Å². The Balaban J connectivity index is 1.58. The number of nitrogens with zero attached hydrogens (tertiary/aromatic N) is 1. The Labute approximate surface area is 187 Å². The summed E-state index contributed by atoms with van der Waals surface area (Å²) in [5, 5.41) is 3.25. The van der Waals surface area contributed by atoms with Crippen molar-refractivity contribution in [3.8, 4) is 0 Å². The lowest BCUT2D eigenvalue weighted by Crippen LogP contribution is -2.41. The zero-order valence-electron chi connectivity index (χ0n) is 15.2. The van der Waals surface area contributed by atoms with Gasteiger partial charge < -0.3 is 5.32 Å². The van der Waals surface area contributed by atoms with E-state index in [0.717, 1.165) is 0 Å². The number of anilines is 1. The number of benzene rings is 2. The zero-order valence-corrected chi connectivity index (χ0v) is 19.1. The van der Waals surface area contributed by atoms with Gasteiger partial charge in [0.25, 0.3) is 0 Å². The van der Waals surface area contributed by atoms with Gasteiger partial charge in [-0.2, -0.15) is 0 Å². The van der Waals surface area contributed by atoms with Crippen LogP contribution in [0, 0.1) is 11.7 Å². The van der Waals surface area contributed by atoms with Crippen LogP contribution >= 0.6 is 39.1 Å². The molecule has 1 heterocycles. The number of hydrogen-bond donors (Lipinski definition) is 1. The first-order chi connectivity index (χ1) is 13.7. The van der Waals surface area contributed by atoms with Gasteiger partial charge in [0.15, 0.2) is 0 Å². The molecule has 0 aromatic heterocycles. The highest BCUT2D eigenvalue weighted by Gasteiger charge is 2.31. The number of carbonyl (C=O) groups excluding carboxylic acids is 1. The second kappa shape index (κ2) is 9.31. The number of rotatable bonds is 5. The fraction of sp³-hybridized carbons (Fsp3) is 0.316. The van der Waals surface area contributed by atoms with Gasteiger partial charge >= 0.3 is 0 Å². The molecule has 2 aromatic rings. The van der Waals surface area contributed by atoms with Crippen LogP contribution < -0.4 is 5.32 Å². The lowest BCUT2D eigenvalue weighted by atomic mass is 9.97. The Kier molecular flexibility index (Phi) is 7.22. The molecule has 1 aliphatic heterocycles. The molecule has 1 aliphatic rings. The maximum atomic E-state index is 13.9. The van der Waals surface area contributed by atoms with Crippen LogP contribution in [0.3, 0.4) is 0 Å². The van der Waals surface area contributed by atoms with Gasteiger partial charge in [0.1, 0.15) is 5.82 Å². The van der Waals surface area contributed by atoms with Crippen LogP contribution in [-0.2, 0) is 20.6 Å². The summed E-state index contributed by atoms with van der Waals surface area (Å²) in [6.45, 7) is 0.453. The van der Waals surface area contributed by atoms with Gasteiger partial charge in [0.2, 0.25) is 15.9 Å². The van der Waals surface area contributed by atoms with E-state index in [9.17, 15) is 17.6 Å². The minimum Gasteiger partial charge on any atom is -0.323 e. The Morgan fingerprint density at radius 2 is 1.83 bits per heavy atom. The molecular formula is C19H18BrCl2FN2O3S. The van der Waals surface area contributed by atoms with E-state index in [1.54, 1.807) is 18.2 Å². The highest BCUT2D eigenvalue weighted by atomic mass is 79.9. The molecule has 3 rings (SSSR count). The Morgan fingerprint density at radius 3 is 2.45 bits per heavy atom. The standard InChI is InChI=1S/C19H18BrCl2FN2O3S/c20-14-2-4-18(17(23)10-14)24-19(26)13-5-7-25(8-6-13)29(27,28)11-12-1-3-15(21)16(22)9-12/h1-4,9-10,13H,5-8,11H2,(H,24,26). The summed E-state index contributed by atoms with van der Waals surface area (Å²) in [7, 11) is -3.55. The molecule has 1 N–H and O–H groups in total. The fourth-order valence-corrected chi connectivity index (χ4v) is 5.36. The quantitative estimate of drug-likeness (QED) is 0.594. The van der Waals surface area contributed by atoms with Gasteiger partial charge in [-0.1, -0.05) is 45.2 Å². The topological polar surface area (TPSA) is 66.5 Å². The van der Waals surface area contributed by atoms with Crippen LogP contribution in [0.2, 0.25) is 10.0 Å². The molecule has 0 unspecified atom stereocenters. The molecule has 0 saturated carbocycles. The van der Waals surface area contributed by atoms with Gasteiger partial charge in [0.05, 0.1) is 21.5 Å². The molecule has 0 spiro atoms. The van der Waals surface area contributed by atoms with Crippen molar-refractivity contribution in [1.82, 2.24) is 4.31 Å². The van der Waals surface area contributed by atoms with E-state index in [2.05, 4.69) is 21.2 Å². The zero-order chi connectivity index (χ0) is 21.2. The molecule has 0 aliphatic carbocycles. The first-order valence-corrected chi connectivity index (χ1v) is 12.0. The highest BCUT2D eigenvalue weighted by Crippen LogP contribution is 2.27.